The van der Waals surface area contributed by atoms with Gasteiger partial charge in [-0.1, -0.05) is 12.1 Å². The first-order valence-electron chi connectivity index (χ1n) is 11.4. The third-order valence-corrected chi connectivity index (χ3v) is 6.30. The van der Waals surface area contributed by atoms with E-state index < -0.39 is 0 Å². The number of aryl methyl sites for hydroxylation is 2. The minimum atomic E-state index is -0.0834. The SMILES string of the molecule is Cc1ncc2c(N3CCN(CCCCc4ccc5c(c4)NC(=O)CO5)CC3)cccc2n1. The summed E-state index contributed by atoms with van der Waals surface area (Å²) in [6.07, 6.45) is 5.27. The fourth-order valence-corrected chi connectivity index (χ4v) is 4.57. The molecule has 0 unspecified atom stereocenters. The number of aromatic nitrogens is 2. The van der Waals surface area contributed by atoms with E-state index in [-0.39, 0.29) is 12.5 Å². The summed E-state index contributed by atoms with van der Waals surface area (Å²) in [5.41, 5.74) is 4.30. The van der Waals surface area contributed by atoms with Crippen LogP contribution >= 0.6 is 0 Å². The zero-order chi connectivity index (χ0) is 21.9. The standard InChI is InChI=1S/C25H29N5O2/c1-18-26-16-20-21(27-18)6-4-7-23(20)30-13-11-29(12-14-30)10-3-2-5-19-8-9-24-22(15-19)28-25(31)17-32-24/h4,6-9,15-16H,2-3,5,10-14,17H2,1H3,(H,28,31). The molecule has 0 spiro atoms. The fraction of sp³-hybridized carbons (Fsp3) is 0.400. The number of fused-ring (bicyclic) bond motifs is 2. The number of carbonyl (C=O) groups excluding carboxylic acids is 1. The first-order chi connectivity index (χ1) is 15.7. The molecule has 1 aromatic heterocycles. The number of anilines is 2. The molecule has 1 amide bonds. The Morgan fingerprint density at radius 3 is 2.84 bits per heavy atom. The molecule has 3 heterocycles. The van der Waals surface area contributed by atoms with E-state index in [9.17, 15) is 4.79 Å². The second kappa shape index (κ2) is 9.12. The number of hydrogen-bond acceptors (Lipinski definition) is 6. The third kappa shape index (κ3) is 4.53. The first kappa shape index (κ1) is 20.7. The largest absolute Gasteiger partial charge is 0.482 e. The first-order valence-corrected chi connectivity index (χ1v) is 11.4. The normalized spacial score (nSPS) is 16.5. The van der Waals surface area contributed by atoms with Crippen LogP contribution in [-0.2, 0) is 11.2 Å². The molecule has 7 nitrogen and oxygen atoms in total. The summed E-state index contributed by atoms with van der Waals surface area (Å²) in [4.78, 5) is 25.5. The maximum atomic E-state index is 11.5. The number of unbranched alkanes of at least 4 members (excludes halogenated alkanes) is 1. The monoisotopic (exact) mass is 431 g/mol. The molecular weight excluding hydrogens is 402 g/mol. The molecule has 3 aromatic rings. The second-order valence-corrected chi connectivity index (χ2v) is 8.58. The van der Waals surface area contributed by atoms with Crippen molar-refractivity contribution in [2.45, 2.75) is 26.2 Å². The van der Waals surface area contributed by atoms with Gasteiger partial charge in [-0.2, -0.15) is 0 Å². The lowest BCUT2D eigenvalue weighted by Gasteiger charge is -2.36. The Morgan fingerprint density at radius 2 is 1.97 bits per heavy atom. The van der Waals surface area contributed by atoms with Crippen molar-refractivity contribution in [3.05, 3.63) is 54.0 Å². The van der Waals surface area contributed by atoms with Gasteiger partial charge in [0.25, 0.3) is 5.91 Å². The van der Waals surface area contributed by atoms with E-state index in [2.05, 4.69) is 49.4 Å². The molecule has 2 aliphatic rings. The van der Waals surface area contributed by atoms with Crippen LogP contribution in [0.25, 0.3) is 10.9 Å². The highest BCUT2D eigenvalue weighted by atomic mass is 16.5. The summed E-state index contributed by atoms with van der Waals surface area (Å²) >= 11 is 0. The molecule has 0 radical (unpaired) electrons. The summed E-state index contributed by atoms with van der Waals surface area (Å²) in [6, 6.07) is 12.4. The summed E-state index contributed by atoms with van der Waals surface area (Å²) in [5, 5.41) is 4.03. The van der Waals surface area contributed by atoms with Crippen molar-refractivity contribution in [3.63, 3.8) is 0 Å². The van der Waals surface area contributed by atoms with E-state index in [1.807, 2.05) is 25.3 Å². The van der Waals surface area contributed by atoms with Crippen LogP contribution in [-0.4, -0.2) is 60.1 Å². The molecular formula is C25H29N5O2. The van der Waals surface area contributed by atoms with Crippen LogP contribution in [0, 0.1) is 6.92 Å². The van der Waals surface area contributed by atoms with E-state index in [1.54, 1.807) is 0 Å². The van der Waals surface area contributed by atoms with E-state index in [0.717, 1.165) is 73.7 Å². The minimum Gasteiger partial charge on any atom is -0.482 e. The molecule has 2 aliphatic heterocycles. The molecule has 166 valence electrons. The molecule has 0 bridgehead atoms. The Morgan fingerprint density at radius 1 is 1.09 bits per heavy atom. The molecule has 5 rings (SSSR count). The number of benzene rings is 2. The van der Waals surface area contributed by atoms with E-state index in [0.29, 0.717) is 0 Å². The number of hydrogen-bond donors (Lipinski definition) is 1. The van der Waals surface area contributed by atoms with Crippen LogP contribution in [0.15, 0.2) is 42.6 Å². The van der Waals surface area contributed by atoms with Gasteiger partial charge in [0, 0.05) is 43.4 Å². The molecule has 7 heteroatoms. The zero-order valence-electron chi connectivity index (χ0n) is 18.5. The van der Waals surface area contributed by atoms with Crippen molar-refractivity contribution in [2.75, 3.05) is 49.5 Å². The van der Waals surface area contributed by atoms with Gasteiger partial charge in [-0.3, -0.25) is 9.69 Å². The number of nitrogens with one attached hydrogen (secondary N) is 1. The van der Waals surface area contributed by atoms with Crippen molar-refractivity contribution in [3.8, 4) is 5.75 Å². The Balaban J connectivity index is 1.09. The fourth-order valence-electron chi connectivity index (χ4n) is 4.57. The van der Waals surface area contributed by atoms with Gasteiger partial charge in [-0.05, 0) is 62.6 Å². The van der Waals surface area contributed by atoms with Crippen LogP contribution in [0.3, 0.4) is 0 Å². The Labute approximate surface area is 188 Å². The highest BCUT2D eigenvalue weighted by Gasteiger charge is 2.19. The van der Waals surface area contributed by atoms with Crippen molar-refractivity contribution >= 4 is 28.2 Å². The number of piperazine rings is 1. The topological polar surface area (TPSA) is 70.6 Å². The van der Waals surface area contributed by atoms with E-state index >= 15 is 0 Å². The Kier molecular flexibility index (Phi) is 5.90. The van der Waals surface area contributed by atoms with Gasteiger partial charge in [-0.25, -0.2) is 9.97 Å². The summed E-state index contributed by atoms with van der Waals surface area (Å²) < 4.78 is 5.44. The van der Waals surface area contributed by atoms with Crippen molar-refractivity contribution < 1.29 is 9.53 Å². The molecule has 0 aliphatic carbocycles. The average molecular weight is 432 g/mol. The third-order valence-electron chi connectivity index (χ3n) is 6.30. The Hall–Kier alpha value is -3.19. The van der Waals surface area contributed by atoms with Crippen LogP contribution in [0.5, 0.6) is 5.75 Å². The number of carbonyl (C=O) groups is 1. The highest BCUT2D eigenvalue weighted by molar-refractivity contribution is 5.95. The molecule has 32 heavy (non-hydrogen) atoms. The minimum absolute atomic E-state index is 0.0834. The molecule has 0 atom stereocenters. The highest BCUT2D eigenvalue weighted by Crippen LogP contribution is 2.29. The Bertz CT molecular complexity index is 1120. The van der Waals surface area contributed by atoms with Gasteiger partial charge in [0.05, 0.1) is 11.2 Å². The van der Waals surface area contributed by atoms with Gasteiger partial charge in [-0.15, -0.1) is 0 Å². The van der Waals surface area contributed by atoms with Gasteiger partial charge in [0.1, 0.15) is 11.6 Å². The predicted octanol–water partition coefficient (Wildman–Crippen LogP) is 3.41. The van der Waals surface area contributed by atoms with Crippen molar-refractivity contribution in [2.24, 2.45) is 0 Å². The summed E-state index contributed by atoms with van der Waals surface area (Å²) in [5.74, 6) is 1.49. The van der Waals surface area contributed by atoms with Crippen LogP contribution in [0.2, 0.25) is 0 Å². The van der Waals surface area contributed by atoms with Crippen molar-refractivity contribution in [1.82, 2.24) is 14.9 Å². The van der Waals surface area contributed by atoms with Gasteiger partial charge < -0.3 is 15.0 Å². The number of amides is 1. The lowest BCUT2D eigenvalue weighted by atomic mass is 10.1. The lowest BCUT2D eigenvalue weighted by Crippen LogP contribution is -2.46. The van der Waals surface area contributed by atoms with Crippen LogP contribution in [0.4, 0.5) is 11.4 Å². The maximum Gasteiger partial charge on any atom is 0.262 e. The number of rotatable bonds is 6. The molecule has 1 N–H and O–H groups in total. The molecule has 1 saturated heterocycles. The number of ether oxygens (including phenoxy) is 1. The molecule has 0 saturated carbocycles. The summed E-state index contributed by atoms with van der Waals surface area (Å²) in [6.45, 7) is 7.36. The van der Waals surface area contributed by atoms with Gasteiger partial charge >= 0.3 is 0 Å². The van der Waals surface area contributed by atoms with Crippen molar-refractivity contribution in [1.29, 1.82) is 0 Å². The van der Waals surface area contributed by atoms with Crippen LogP contribution in [0.1, 0.15) is 24.2 Å². The number of nitrogens with zero attached hydrogens (tertiary/aromatic N) is 4. The zero-order valence-corrected chi connectivity index (χ0v) is 18.5. The summed E-state index contributed by atoms with van der Waals surface area (Å²) in [7, 11) is 0. The molecule has 2 aromatic carbocycles. The average Bonchev–Trinajstić information content (AvgIpc) is 2.81. The lowest BCUT2D eigenvalue weighted by molar-refractivity contribution is -0.118. The quantitative estimate of drug-likeness (QED) is 0.603. The smallest absolute Gasteiger partial charge is 0.262 e. The van der Waals surface area contributed by atoms with Crippen LogP contribution < -0.4 is 15.0 Å². The molecule has 1 fully saturated rings. The maximum absolute atomic E-state index is 11.5. The predicted molar refractivity (Wildman–Crippen MR) is 126 cm³/mol. The van der Waals surface area contributed by atoms with E-state index in [4.69, 9.17) is 4.74 Å². The van der Waals surface area contributed by atoms with Gasteiger partial charge in [0.2, 0.25) is 0 Å². The van der Waals surface area contributed by atoms with E-state index in [1.165, 1.54) is 17.7 Å². The second-order valence-electron chi connectivity index (χ2n) is 8.58. The van der Waals surface area contributed by atoms with Gasteiger partial charge in [0.15, 0.2) is 6.61 Å².